The minimum atomic E-state index is -4.10. The molecule has 0 saturated heterocycles. The summed E-state index contributed by atoms with van der Waals surface area (Å²) < 4.78 is 66.8. The van der Waals surface area contributed by atoms with Crippen LogP contribution in [0.25, 0.3) is 0 Å². The Bertz CT molecular complexity index is 1130. The SMILES string of the molecule is CCCCNC(=O)C(C)N(Cc1ccccc1F)C(=O)CN(c1ccc(F)c(F)c1)S(C)(=O)=O. The summed E-state index contributed by atoms with van der Waals surface area (Å²) in [5.74, 6) is -4.37. The van der Waals surface area contributed by atoms with Gasteiger partial charge < -0.3 is 10.2 Å². The normalized spacial score (nSPS) is 12.2. The van der Waals surface area contributed by atoms with Crippen molar-refractivity contribution in [2.24, 2.45) is 0 Å². The molecule has 0 aliphatic carbocycles. The summed E-state index contributed by atoms with van der Waals surface area (Å²) in [6.07, 6.45) is 2.37. The largest absolute Gasteiger partial charge is 0.354 e. The molecule has 11 heteroatoms. The van der Waals surface area contributed by atoms with Crippen molar-refractivity contribution in [3.05, 3.63) is 65.5 Å². The third-order valence-corrected chi connectivity index (χ3v) is 6.31. The summed E-state index contributed by atoms with van der Waals surface area (Å²) >= 11 is 0. The van der Waals surface area contributed by atoms with Gasteiger partial charge in [0.1, 0.15) is 18.4 Å². The van der Waals surface area contributed by atoms with Crippen molar-refractivity contribution in [3.63, 3.8) is 0 Å². The molecule has 0 aliphatic rings. The first-order valence-corrected chi connectivity index (χ1v) is 12.5. The Balaban J connectivity index is 2.38. The number of nitrogens with one attached hydrogen (secondary N) is 1. The van der Waals surface area contributed by atoms with Gasteiger partial charge in [-0.25, -0.2) is 21.6 Å². The first-order chi connectivity index (χ1) is 16.0. The van der Waals surface area contributed by atoms with Crippen molar-refractivity contribution < 1.29 is 31.2 Å². The lowest BCUT2D eigenvalue weighted by molar-refractivity contribution is -0.139. The van der Waals surface area contributed by atoms with Crippen LogP contribution in [0.5, 0.6) is 0 Å². The number of halogens is 3. The fourth-order valence-electron chi connectivity index (χ4n) is 3.18. The van der Waals surface area contributed by atoms with Crippen molar-refractivity contribution >= 4 is 27.5 Å². The van der Waals surface area contributed by atoms with Crippen molar-refractivity contribution in [1.82, 2.24) is 10.2 Å². The third kappa shape index (κ3) is 7.21. The second kappa shape index (κ2) is 11.9. The van der Waals surface area contributed by atoms with Gasteiger partial charge in [-0.3, -0.25) is 13.9 Å². The molecule has 0 bridgehead atoms. The Kier molecular flexibility index (Phi) is 9.48. The van der Waals surface area contributed by atoms with Crippen LogP contribution in [0.1, 0.15) is 32.3 Å². The van der Waals surface area contributed by atoms with E-state index in [1.807, 2.05) is 6.92 Å². The van der Waals surface area contributed by atoms with E-state index in [4.69, 9.17) is 0 Å². The molecule has 0 heterocycles. The average Bonchev–Trinajstić information content (AvgIpc) is 2.77. The molecule has 1 N–H and O–H groups in total. The Labute approximate surface area is 197 Å². The minimum Gasteiger partial charge on any atom is -0.354 e. The van der Waals surface area contributed by atoms with Gasteiger partial charge in [0.15, 0.2) is 11.6 Å². The van der Waals surface area contributed by atoms with Crippen molar-refractivity contribution in [3.8, 4) is 0 Å². The number of nitrogens with zero attached hydrogens (tertiary/aromatic N) is 2. The molecule has 34 heavy (non-hydrogen) atoms. The zero-order valence-electron chi connectivity index (χ0n) is 19.2. The molecule has 0 fully saturated rings. The molecule has 0 aliphatic heterocycles. The lowest BCUT2D eigenvalue weighted by Crippen LogP contribution is -2.51. The average molecular weight is 500 g/mol. The molecule has 2 rings (SSSR count). The van der Waals surface area contributed by atoms with E-state index in [0.717, 1.165) is 36.1 Å². The zero-order valence-corrected chi connectivity index (χ0v) is 20.0. The fourth-order valence-corrected chi connectivity index (χ4v) is 4.02. The Morgan fingerprint density at radius 3 is 2.29 bits per heavy atom. The molecule has 0 radical (unpaired) electrons. The minimum absolute atomic E-state index is 0.128. The van der Waals surface area contributed by atoms with E-state index in [1.165, 1.54) is 25.1 Å². The number of amides is 2. The van der Waals surface area contributed by atoms with Crippen LogP contribution >= 0.6 is 0 Å². The Morgan fingerprint density at radius 2 is 1.71 bits per heavy atom. The molecule has 0 saturated carbocycles. The number of anilines is 1. The molecule has 1 unspecified atom stereocenters. The van der Waals surface area contributed by atoms with Crippen LogP contribution < -0.4 is 9.62 Å². The highest BCUT2D eigenvalue weighted by Crippen LogP contribution is 2.22. The van der Waals surface area contributed by atoms with Crippen LogP contribution in [0.2, 0.25) is 0 Å². The van der Waals surface area contributed by atoms with Crippen LogP contribution in [-0.4, -0.2) is 50.5 Å². The van der Waals surface area contributed by atoms with E-state index in [0.29, 0.717) is 16.9 Å². The quantitative estimate of drug-likeness (QED) is 0.481. The Hall–Kier alpha value is -3.08. The first-order valence-electron chi connectivity index (χ1n) is 10.7. The highest BCUT2D eigenvalue weighted by atomic mass is 32.2. The third-order valence-electron chi connectivity index (χ3n) is 5.17. The molecule has 0 spiro atoms. The number of carbonyl (C=O) groups is 2. The maximum absolute atomic E-state index is 14.3. The number of rotatable bonds is 11. The highest BCUT2D eigenvalue weighted by molar-refractivity contribution is 7.92. The number of carbonyl (C=O) groups excluding carboxylic acids is 2. The monoisotopic (exact) mass is 499 g/mol. The molecule has 0 aromatic heterocycles. The molecule has 186 valence electrons. The van der Waals surface area contributed by atoms with Crippen LogP contribution in [0.3, 0.4) is 0 Å². The van der Waals surface area contributed by atoms with Crippen LogP contribution in [0.4, 0.5) is 18.9 Å². The summed E-state index contributed by atoms with van der Waals surface area (Å²) in [5.41, 5.74) is -0.136. The van der Waals surface area contributed by atoms with Crippen molar-refractivity contribution in [1.29, 1.82) is 0 Å². The van der Waals surface area contributed by atoms with Gasteiger partial charge in [-0.1, -0.05) is 31.5 Å². The molecule has 1 atom stereocenters. The van der Waals surface area contributed by atoms with Gasteiger partial charge in [0.25, 0.3) is 0 Å². The van der Waals surface area contributed by atoms with Gasteiger partial charge in [-0.2, -0.15) is 0 Å². The smallest absolute Gasteiger partial charge is 0.244 e. The summed E-state index contributed by atoms with van der Waals surface area (Å²) in [6, 6.07) is 7.05. The zero-order chi connectivity index (χ0) is 25.5. The van der Waals surface area contributed by atoms with E-state index in [-0.39, 0.29) is 17.8 Å². The number of benzene rings is 2. The summed E-state index contributed by atoms with van der Waals surface area (Å²) in [4.78, 5) is 27.0. The number of sulfonamides is 1. The second-order valence-electron chi connectivity index (χ2n) is 7.80. The van der Waals surface area contributed by atoms with E-state index >= 15 is 0 Å². The van der Waals surface area contributed by atoms with E-state index < -0.39 is 51.9 Å². The van der Waals surface area contributed by atoms with Gasteiger partial charge in [-0.05, 0) is 31.5 Å². The fraction of sp³-hybridized carbons (Fsp3) is 0.391. The van der Waals surface area contributed by atoms with Gasteiger partial charge in [-0.15, -0.1) is 0 Å². The molecule has 2 amide bonds. The highest BCUT2D eigenvalue weighted by Gasteiger charge is 2.30. The number of unbranched alkanes of at least 4 members (excludes halogenated alkanes) is 1. The van der Waals surface area contributed by atoms with Crippen molar-refractivity contribution in [2.45, 2.75) is 39.3 Å². The van der Waals surface area contributed by atoms with Gasteiger partial charge in [0, 0.05) is 24.7 Å². The first kappa shape index (κ1) is 27.2. The molecule has 2 aromatic rings. The summed E-state index contributed by atoms with van der Waals surface area (Å²) in [7, 11) is -4.10. The standard InChI is InChI=1S/C23H28F3N3O4S/c1-4-5-12-27-23(31)16(2)28(14-17-8-6-7-9-19(17)24)22(30)15-29(34(3,32)33)18-10-11-20(25)21(26)13-18/h6-11,13,16H,4-5,12,14-15H2,1-3H3,(H,27,31). The molecule has 7 nitrogen and oxygen atoms in total. The lowest BCUT2D eigenvalue weighted by Gasteiger charge is -2.31. The maximum Gasteiger partial charge on any atom is 0.244 e. The number of hydrogen-bond acceptors (Lipinski definition) is 4. The molecular weight excluding hydrogens is 471 g/mol. The summed E-state index contributed by atoms with van der Waals surface area (Å²) in [5, 5.41) is 2.70. The van der Waals surface area contributed by atoms with Crippen LogP contribution in [-0.2, 0) is 26.2 Å². The second-order valence-corrected chi connectivity index (χ2v) is 9.71. The van der Waals surface area contributed by atoms with Gasteiger partial charge in [0.05, 0.1) is 11.9 Å². The van der Waals surface area contributed by atoms with E-state index in [1.54, 1.807) is 6.07 Å². The van der Waals surface area contributed by atoms with E-state index in [2.05, 4.69) is 5.32 Å². The Morgan fingerprint density at radius 1 is 1.03 bits per heavy atom. The number of hydrogen-bond donors (Lipinski definition) is 1. The predicted molar refractivity (Wildman–Crippen MR) is 123 cm³/mol. The van der Waals surface area contributed by atoms with Crippen LogP contribution in [0.15, 0.2) is 42.5 Å². The van der Waals surface area contributed by atoms with Gasteiger partial charge >= 0.3 is 0 Å². The van der Waals surface area contributed by atoms with Crippen molar-refractivity contribution in [2.75, 3.05) is 23.7 Å². The summed E-state index contributed by atoms with van der Waals surface area (Å²) in [6.45, 7) is 2.67. The topological polar surface area (TPSA) is 86.8 Å². The maximum atomic E-state index is 14.3. The predicted octanol–water partition coefficient (Wildman–Crippen LogP) is 3.20. The van der Waals surface area contributed by atoms with Gasteiger partial charge in [0.2, 0.25) is 21.8 Å². The molecular formula is C23H28F3N3O4S. The lowest BCUT2D eigenvalue weighted by atomic mass is 10.1. The molecule has 2 aromatic carbocycles. The van der Waals surface area contributed by atoms with E-state index in [9.17, 15) is 31.2 Å². The van der Waals surface area contributed by atoms with Crippen LogP contribution in [0, 0.1) is 17.5 Å².